The average Bonchev–Trinajstić information content (AvgIpc) is 3.07. The maximum absolute atomic E-state index is 3.55. The van der Waals surface area contributed by atoms with Gasteiger partial charge in [-0.15, -0.1) is 5.92 Å². The Kier molecular flexibility index (Phi) is 5.61. The quantitative estimate of drug-likeness (QED) is 0.414. The Morgan fingerprint density at radius 2 is 1.84 bits per heavy atom. The fraction of sp³-hybridized carbons (Fsp3) is 0.333. The first-order valence-corrected chi connectivity index (χ1v) is 9.38. The molecule has 1 unspecified atom stereocenters. The van der Waals surface area contributed by atoms with Crippen molar-refractivity contribution in [2.75, 3.05) is 0 Å². The van der Waals surface area contributed by atoms with Crippen molar-refractivity contribution >= 4 is 10.9 Å². The summed E-state index contributed by atoms with van der Waals surface area (Å²) in [5, 5.41) is 1.30. The minimum absolute atomic E-state index is 0.123. The molecule has 2 aromatic carbocycles. The zero-order chi connectivity index (χ0) is 17.6. The summed E-state index contributed by atoms with van der Waals surface area (Å²) in [5.74, 6) is 7.09. The maximum atomic E-state index is 3.55. The van der Waals surface area contributed by atoms with Gasteiger partial charge >= 0.3 is 0 Å². The van der Waals surface area contributed by atoms with Gasteiger partial charge in [-0.3, -0.25) is 0 Å². The monoisotopic (exact) mass is 329 g/mol. The number of fused-ring (bicyclic) bond motifs is 1. The predicted octanol–water partition coefficient (Wildman–Crippen LogP) is 6.36. The summed E-state index contributed by atoms with van der Waals surface area (Å²) in [6.45, 7) is 6.55. The van der Waals surface area contributed by atoms with Crippen molar-refractivity contribution < 1.29 is 0 Å². The highest BCUT2D eigenvalue weighted by Crippen LogP contribution is 2.32. The molecule has 1 heteroatoms. The molecule has 1 atom stereocenters. The fourth-order valence-corrected chi connectivity index (χ4v) is 3.31. The van der Waals surface area contributed by atoms with Gasteiger partial charge in [0.25, 0.3) is 0 Å². The zero-order valence-corrected chi connectivity index (χ0v) is 15.5. The SMILES string of the molecule is CCCCC#CC(c1ccc(C)cc1)c1c[nH]c2c(CC)cccc12. The third-order valence-corrected chi connectivity index (χ3v) is 4.84. The Balaban J connectivity index is 2.07. The summed E-state index contributed by atoms with van der Waals surface area (Å²) >= 11 is 0. The van der Waals surface area contributed by atoms with Gasteiger partial charge in [0.1, 0.15) is 0 Å². The minimum atomic E-state index is 0.123. The maximum Gasteiger partial charge on any atom is 0.0722 e. The van der Waals surface area contributed by atoms with Crippen molar-refractivity contribution in [3.63, 3.8) is 0 Å². The lowest BCUT2D eigenvalue weighted by molar-refractivity contribution is 0.827. The number of unbranched alkanes of at least 4 members (excludes halogenated alkanes) is 2. The smallest absolute Gasteiger partial charge is 0.0722 e. The number of rotatable bonds is 5. The lowest BCUT2D eigenvalue weighted by Crippen LogP contribution is -1.98. The molecule has 0 saturated carbocycles. The van der Waals surface area contributed by atoms with E-state index in [0.29, 0.717) is 0 Å². The molecule has 0 radical (unpaired) electrons. The number of H-pyrrole nitrogens is 1. The van der Waals surface area contributed by atoms with Crippen molar-refractivity contribution in [1.29, 1.82) is 0 Å². The number of aryl methyl sites for hydroxylation is 2. The van der Waals surface area contributed by atoms with Crippen LogP contribution in [0.1, 0.15) is 61.3 Å². The van der Waals surface area contributed by atoms with E-state index in [-0.39, 0.29) is 5.92 Å². The van der Waals surface area contributed by atoms with E-state index >= 15 is 0 Å². The van der Waals surface area contributed by atoms with Gasteiger partial charge in [0.15, 0.2) is 0 Å². The Bertz CT molecular complexity index is 887. The van der Waals surface area contributed by atoms with E-state index in [4.69, 9.17) is 0 Å². The highest BCUT2D eigenvalue weighted by Gasteiger charge is 2.17. The molecule has 128 valence electrons. The van der Waals surface area contributed by atoms with Gasteiger partial charge in [-0.1, -0.05) is 74.2 Å². The third-order valence-electron chi connectivity index (χ3n) is 4.84. The van der Waals surface area contributed by atoms with Crippen molar-refractivity contribution in [3.8, 4) is 11.8 Å². The van der Waals surface area contributed by atoms with Crippen molar-refractivity contribution in [2.45, 2.75) is 52.4 Å². The van der Waals surface area contributed by atoms with Crippen LogP contribution in [0, 0.1) is 18.8 Å². The van der Waals surface area contributed by atoms with E-state index in [9.17, 15) is 0 Å². The number of para-hydroxylation sites is 1. The van der Waals surface area contributed by atoms with Crippen molar-refractivity contribution in [2.24, 2.45) is 0 Å². The van der Waals surface area contributed by atoms with E-state index < -0.39 is 0 Å². The number of hydrogen-bond donors (Lipinski definition) is 1. The Labute approximate surface area is 151 Å². The van der Waals surface area contributed by atoms with E-state index in [1.54, 1.807) is 0 Å². The lowest BCUT2D eigenvalue weighted by Gasteiger charge is -2.12. The first-order valence-electron chi connectivity index (χ1n) is 9.38. The lowest BCUT2D eigenvalue weighted by atomic mass is 9.90. The van der Waals surface area contributed by atoms with Crippen LogP contribution >= 0.6 is 0 Å². The van der Waals surface area contributed by atoms with E-state index in [1.807, 2.05) is 0 Å². The molecule has 0 amide bonds. The average molecular weight is 329 g/mol. The molecule has 1 N–H and O–H groups in total. The summed E-state index contributed by atoms with van der Waals surface area (Å²) in [6.07, 6.45) is 6.53. The summed E-state index contributed by atoms with van der Waals surface area (Å²) in [5.41, 5.74) is 6.47. The van der Waals surface area contributed by atoms with Gasteiger partial charge in [-0.2, -0.15) is 0 Å². The minimum Gasteiger partial charge on any atom is -0.361 e. The molecular weight excluding hydrogens is 302 g/mol. The zero-order valence-electron chi connectivity index (χ0n) is 15.5. The van der Waals surface area contributed by atoms with Crippen LogP contribution in [0.3, 0.4) is 0 Å². The number of benzene rings is 2. The molecular formula is C24H27N. The summed E-state index contributed by atoms with van der Waals surface area (Å²) in [7, 11) is 0. The largest absolute Gasteiger partial charge is 0.361 e. The second-order valence-corrected chi connectivity index (χ2v) is 6.71. The van der Waals surface area contributed by atoms with Crippen molar-refractivity contribution in [1.82, 2.24) is 4.98 Å². The molecule has 3 rings (SSSR count). The highest BCUT2D eigenvalue weighted by atomic mass is 14.7. The first kappa shape index (κ1) is 17.4. The van der Waals surface area contributed by atoms with E-state index in [1.165, 1.54) is 46.0 Å². The van der Waals surface area contributed by atoms with Crippen LogP contribution in [0.25, 0.3) is 10.9 Å². The molecule has 0 aliphatic carbocycles. The van der Waals surface area contributed by atoms with Crippen LogP contribution in [0.15, 0.2) is 48.7 Å². The number of hydrogen-bond acceptors (Lipinski definition) is 0. The van der Waals surface area contributed by atoms with Crippen LogP contribution in [0.5, 0.6) is 0 Å². The van der Waals surface area contributed by atoms with Crippen LogP contribution in [-0.2, 0) is 6.42 Å². The molecule has 25 heavy (non-hydrogen) atoms. The van der Waals surface area contributed by atoms with Gasteiger partial charge in [0.2, 0.25) is 0 Å². The van der Waals surface area contributed by atoms with Gasteiger partial charge < -0.3 is 4.98 Å². The predicted molar refractivity (Wildman–Crippen MR) is 108 cm³/mol. The number of nitrogens with one attached hydrogen (secondary N) is 1. The van der Waals surface area contributed by atoms with Gasteiger partial charge in [-0.25, -0.2) is 0 Å². The summed E-state index contributed by atoms with van der Waals surface area (Å²) < 4.78 is 0. The normalized spacial score (nSPS) is 12.0. The standard InChI is InChI=1S/C24H27N/c1-4-6-7-8-11-21(20-15-13-18(3)14-16-20)23-17-25-24-19(5-2)10-9-12-22(23)24/h9-10,12-17,21,25H,4-7H2,1-3H3. The summed E-state index contributed by atoms with van der Waals surface area (Å²) in [4.78, 5) is 3.50. The molecule has 0 aliphatic heterocycles. The first-order chi connectivity index (χ1) is 12.2. The second kappa shape index (κ2) is 8.08. The highest BCUT2D eigenvalue weighted by molar-refractivity contribution is 5.87. The molecule has 0 bridgehead atoms. The third kappa shape index (κ3) is 3.80. The van der Waals surface area contributed by atoms with Crippen LogP contribution in [-0.4, -0.2) is 4.98 Å². The van der Waals surface area contributed by atoms with Crippen LogP contribution in [0.2, 0.25) is 0 Å². The molecule has 1 heterocycles. The Hall–Kier alpha value is -2.46. The molecule has 1 aromatic heterocycles. The van der Waals surface area contributed by atoms with Crippen LogP contribution < -0.4 is 0 Å². The summed E-state index contributed by atoms with van der Waals surface area (Å²) in [6, 6.07) is 15.4. The van der Waals surface area contributed by atoms with Gasteiger partial charge in [0, 0.05) is 23.5 Å². The second-order valence-electron chi connectivity index (χ2n) is 6.71. The van der Waals surface area contributed by atoms with E-state index in [2.05, 4.69) is 86.3 Å². The number of aromatic nitrogens is 1. The molecule has 0 saturated heterocycles. The van der Waals surface area contributed by atoms with E-state index in [0.717, 1.165) is 12.8 Å². The molecule has 1 nitrogen and oxygen atoms in total. The Morgan fingerprint density at radius 1 is 1.04 bits per heavy atom. The molecule has 0 spiro atoms. The fourth-order valence-electron chi connectivity index (χ4n) is 3.31. The number of aromatic amines is 1. The topological polar surface area (TPSA) is 15.8 Å². The van der Waals surface area contributed by atoms with Gasteiger partial charge in [-0.05, 0) is 36.5 Å². The van der Waals surface area contributed by atoms with Crippen LogP contribution in [0.4, 0.5) is 0 Å². The Morgan fingerprint density at radius 3 is 2.56 bits per heavy atom. The molecule has 0 fully saturated rings. The van der Waals surface area contributed by atoms with Gasteiger partial charge in [0.05, 0.1) is 5.92 Å². The molecule has 0 aliphatic rings. The molecule has 3 aromatic rings. The van der Waals surface area contributed by atoms with Crippen molar-refractivity contribution in [3.05, 3.63) is 70.9 Å².